The highest BCUT2D eigenvalue weighted by molar-refractivity contribution is 7.51. The third kappa shape index (κ3) is 5.64. The summed E-state index contributed by atoms with van der Waals surface area (Å²) < 4.78 is 17.1. The molecule has 4 aromatic rings. The van der Waals surface area contributed by atoms with Crippen molar-refractivity contribution in [3.8, 4) is 22.9 Å². The normalized spacial score (nSPS) is 17.7. The molecule has 0 radical (unpaired) electrons. The topological polar surface area (TPSA) is 155 Å². The first-order valence-corrected chi connectivity index (χ1v) is 14.0. The van der Waals surface area contributed by atoms with Crippen LogP contribution in [0.5, 0.6) is 0 Å². The third-order valence-electron chi connectivity index (χ3n) is 6.58. The average Bonchev–Trinajstić information content (AvgIpc) is 3.50. The Bertz CT molecular complexity index is 1640. The summed E-state index contributed by atoms with van der Waals surface area (Å²) in [6.07, 6.45) is 6.74. The standard InChI is InChI=1S/C27H26N5O5P/c1-16-12-18(4-3-11-38(34,35)36)13-17(2)24(16)25-29-22-10-7-20(14-23(22)30-25)27-32-31-26(37-27)19-5-8-21(9-6-19)28-15-33/h5-10,12-14,16,24H,3-4,11H2,1-2H3,(H,29,30)(H2,34,35,36). The summed E-state index contributed by atoms with van der Waals surface area (Å²) in [5.74, 6) is 1.82. The zero-order valence-electron chi connectivity index (χ0n) is 20.8. The summed E-state index contributed by atoms with van der Waals surface area (Å²) in [5, 5.41) is 8.35. The summed E-state index contributed by atoms with van der Waals surface area (Å²) >= 11 is 0. The molecule has 0 saturated heterocycles. The highest BCUT2D eigenvalue weighted by Gasteiger charge is 2.27. The summed E-state index contributed by atoms with van der Waals surface area (Å²) in [5.41, 5.74) is 5.88. The maximum Gasteiger partial charge on any atom is 0.325 e. The maximum absolute atomic E-state index is 11.2. The Morgan fingerprint density at radius 2 is 1.82 bits per heavy atom. The van der Waals surface area contributed by atoms with Gasteiger partial charge in [0.05, 0.1) is 22.9 Å². The molecule has 3 N–H and O–H groups in total. The number of H-pyrrole nitrogens is 1. The molecule has 2 aromatic heterocycles. The van der Waals surface area contributed by atoms with Gasteiger partial charge < -0.3 is 19.2 Å². The molecule has 2 unspecified atom stereocenters. The summed E-state index contributed by atoms with van der Waals surface area (Å²) in [7, 11) is -3.98. The Morgan fingerprint density at radius 3 is 2.50 bits per heavy atom. The highest BCUT2D eigenvalue weighted by atomic mass is 31.2. The van der Waals surface area contributed by atoms with Crippen molar-refractivity contribution < 1.29 is 23.6 Å². The Labute approximate surface area is 218 Å². The van der Waals surface area contributed by atoms with Gasteiger partial charge in [0, 0.05) is 17.0 Å². The fourth-order valence-electron chi connectivity index (χ4n) is 4.89. The molecule has 1 aliphatic carbocycles. The van der Waals surface area contributed by atoms with Crippen molar-refractivity contribution in [2.45, 2.75) is 32.6 Å². The molecule has 10 nitrogen and oxygen atoms in total. The average molecular weight is 532 g/mol. The fraction of sp³-hybridized carbons (Fsp3) is 0.259. The summed E-state index contributed by atoms with van der Waals surface area (Å²) in [6, 6.07) is 12.6. The van der Waals surface area contributed by atoms with Gasteiger partial charge in [-0.3, -0.25) is 4.57 Å². The van der Waals surface area contributed by atoms with Gasteiger partial charge in [0.2, 0.25) is 17.9 Å². The second-order valence-electron chi connectivity index (χ2n) is 9.47. The lowest BCUT2D eigenvalue weighted by atomic mass is 9.80. The van der Waals surface area contributed by atoms with Crippen LogP contribution in [-0.4, -0.2) is 42.2 Å². The van der Waals surface area contributed by atoms with Crippen LogP contribution < -0.4 is 0 Å². The van der Waals surface area contributed by atoms with Gasteiger partial charge in [0.15, 0.2) is 0 Å². The molecule has 11 heteroatoms. The number of carbonyl (C=O) groups excluding carboxylic acids is 1. The number of fused-ring (bicyclic) bond motifs is 1. The maximum atomic E-state index is 11.2. The lowest BCUT2D eigenvalue weighted by molar-refractivity contribution is 0.371. The van der Waals surface area contributed by atoms with Crippen molar-refractivity contribution in [3.05, 3.63) is 71.6 Å². The van der Waals surface area contributed by atoms with Crippen LogP contribution in [0.4, 0.5) is 5.69 Å². The second-order valence-corrected chi connectivity index (χ2v) is 11.3. The van der Waals surface area contributed by atoms with E-state index in [1.807, 2.05) is 18.2 Å². The molecule has 0 bridgehead atoms. The van der Waals surface area contributed by atoms with E-state index in [0.29, 0.717) is 35.9 Å². The Hall–Kier alpha value is -3.94. The minimum absolute atomic E-state index is 0.0675. The van der Waals surface area contributed by atoms with Crippen LogP contribution in [-0.2, 0) is 9.36 Å². The number of nitrogens with zero attached hydrogens (tertiary/aromatic N) is 4. The molecule has 0 aliphatic heterocycles. The number of isocyanates is 1. The van der Waals surface area contributed by atoms with Crippen LogP contribution in [0.1, 0.15) is 38.4 Å². The largest absolute Gasteiger partial charge is 0.416 e. The van der Waals surface area contributed by atoms with E-state index in [1.165, 1.54) is 6.08 Å². The van der Waals surface area contributed by atoms with E-state index in [4.69, 9.17) is 19.2 Å². The molecule has 38 heavy (non-hydrogen) atoms. The predicted molar refractivity (Wildman–Crippen MR) is 142 cm³/mol. The van der Waals surface area contributed by atoms with E-state index < -0.39 is 7.60 Å². The number of aliphatic imine (C=N–C) groups is 1. The molecule has 0 saturated carbocycles. The number of hydrogen-bond acceptors (Lipinski definition) is 7. The number of aromatic amines is 1. The SMILES string of the molecule is CC1=CC(CCCP(=O)(O)O)=CC(C)C1c1nc2ccc(-c3nnc(-c4ccc(N=C=O)cc4)o3)cc2[nH]1. The Morgan fingerprint density at radius 1 is 1.11 bits per heavy atom. The predicted octanol–water partition coefficient (Wildman–Crippen LogP) is 5.81. The first kappa shape index (κ1) is 25.7. The molecular formula is C27H26N5O5P. The van der Waals surface area contributed by atoms with Crippen molar-refractivity contribution in [3.63, 3.8) is 0 Å². The van der Waals surface area contributed by atoms with Crippen LogP contribution in [0, 0.1) is 5.92 Å². The Balaban J connectivity index is 1.34. The van der Waals surface area contributed by atoms with Crippen molar-refractivity contribution in [1.82, 2.24) is 20.2 Å². The number of rotatable bonds is 8. The fourth-order valence-corrected chi connectivity index (χ4v) is 5.46. The van der Waals surface area contributed by atoms with Crippen molar-refractivity contribution in [2.24, 2.45) is 10.9 Å². The highest BCUT2D eigenvalue weighted by Crippen LogP contribution is 2.40. The molecule has 2 aromatic carbocycles. The van der Waals surface area contributed by atoms with Gasteiger partial charge in [0.1, 0.15) is 5.82 Å². The van der Waals surface area contributed by atoms with Crippen LogP contribution in [0.2, 0.25) is 0 Å². The summed E-state index contributed by atoms with van der Waals surface area (Å²) in [6.45, 7) is 4.19. The molecule has 0 fully saturated rings. The van der Waals surface area contributed by atoms with Gasteiger partial charge in [-0.2, -0.15) is 4.99 Å². The zero-order chi connectivity index (χ0) is 26.9. The third-order valence-corrected chi connectivity index (χ3v) is 7.48. The quantitative estimate of drug-likeness (QED) is 0.146. The van der Waals surface area contributed by atoms with Gasteiger partial charge >= 0.3 is 7.60 Å². The second kappa shape index (κ2) is 10.4. The molecule has 2 heterocycles. The van der Waals surface area contributed by atoms with Crippen LogP contribution >= 0.6 is 7.60 Å². The van der Waals surface area contributed by atoms with E-state index in [0.717, 1.165) is 33.6 Å². The minimum atomic E-state index is -3.98. The van der Waals surface area contributed by atoms with E-state index in [-0.39, 0.29) is 18.0 Å². The minimum Gasteiger partial charge on any atom is -0.416 e. The molecule has 1 aliphatic rings. The molecule has 0 amide bonds. The van der Waals surface area contributed by atoms with Crippen LogP contribution in [0.15, 0.2) is 75.2 Å². The van der Waals surface area contributed by atoms with Crippen molar-refractivity contribution >= 4 is 30.4 Å². The summed E-state index contributed by atoms with van der Waals surface area (Å²) in [4.78, 5) is 40.5. The van der Waals surface area contributed by atoms with Gasteiger partial charge in [-0.25, -0.2) is 9.78 Å². The molecule has 5 rings (SSSR count). The lowest BCUT2D eigenvalue weighted by Crippen LogP contribution is -2.15. The first-order chi connectivity index (χ1) is 18.2. The first-order valence-electron chi connectivity index (χ1n) is 12.2. The van der Waals surface area contributed by atoms with E-state index in [2.05, 4.69) is 46.2 Å². The Kier molecular flexibility index (Phi) is 7.06. The van der Waals surface area contributed by atoms with Gasteiger partial charge in [-0.05, 0) is 68.1 Å². The molecule has 194 valence electrons. The number of nitrogens with one attached hydrogen (secondary N) is 1. The van der Waals surface area contributed by atoms with E-state index >= 15 is 0 Å². The number of allylic oxidation sites excluding steroid dienone is 4. The van der Waals surface area contributed by atoms with Crippen LogP contribution in [0.25, 0.3) is 33.9 Å². The number of hydrogen-bond donors (Lipinski definition) is 3. The number of imidazole rings is 1. The number of benzene rings is 2. The van der Waals surface area contributed by atoms with Crippen LogP contribution in [0.3, 0.4) is 0 Å². The lowest BCUT2D eigenvalue weighted by Gasteiger charge is -2.26. The number of aromatic nitrogens is 4. The van der Waals surface area contributed by atoms with Gasteiger partial charge in [0.25, 0.3) is 0 Å². The smallest absolute Gasteiger partial charge is 0.325 e. The van der Waals surface area contributed by atoms with Crippen molar-refractivity contribution in [2.75, 3.05) is 6.16 Å². The zero-order valence-corrected chi connectivity index (χ0v) is 21.7. The van der Waals surface area contributed by atoms with Gasteiger partial charge in [-0.15, -0.1) is 10.2 Å². The van der Waals surface area contributed by atoms with E-state index in [1.54, 1.807) is 24.3 Å². The molecule has 0 spiro atoms. The van der Waals surface area contributed by atoms with Gasteiger partial charge in [-0.1, -0.05) is 30.2 Å². The van der Waals surface area contributed by atoms with Crippen molar-refractivity contribution in [1.29, 1.82) is 0 Å². The van der Waals surface area contributed by atoms with E-state index in [9.17, 15) is 9.36 Å². The molecular weight excluding hydrogens is 505 g/mol. The molecule has 2 atom stereocenters. The monoisotopic (exact) mass is 531 g/mol.